The van der Waals surface area contributed by atoms with Crippen molar-refractivity contribution in [1.82, 2.24) is 4.90 Å². The van der Waals surface area contributed by atoms with Crippen LogP contribution in [0.15, 0.2) is 18.2 Å². The third kappa shape index (κ3) is 4.69. The molecule has 0 aliphatic carbocycles. The molecule has 2 nitrogen and oxygen atoms in total. The molecule has 0 bridgehead atoms. The van der Waals surface area contributed by atoms with E-state index in [1.54, 1.807) is 0 Å². The van der Waals surface area contributed by atoms with E-state index in [9.17, 15) is 0 Å². The van der Waals surface area contributed by atoms with E-state index in [4.69, 9.17) is 4.74 Å². The summed E-state index contributed by atoms with van der Waals surface area (Å²) in [4.78, 5) is 2.19. The van der Waals surface area contributed by atoms with Crippen LogP contribution in [0.5, 0.6) is 5.75 Å². The van der Waals surface area contributed by atoms with Crippen LogP contribution in [-0.2, 0) is 6.42 Å². The molecule has 0 amide bonds. The highest BCUT2D eigenvalue weighted by Crippen LogP contribution is 2.27. The number of ether oxygens (including phenoxy) is 1. The molecule has 0 aliphatic heterocycles. The highest BCUT2D eigenvalue weighted by Gasteiger charge is 2.08. The Bertz CT molecular complexity index is 358. The van der Waals surface area contributed by atoms with Gasteiger partial charge in [0.2, 0.25) is 0 Å². The first-order valence-electron chi connectivity index (χ1n) is 6.95. The molecule has 0 radical (unpaired) electrons. The molecule has 18 heavy (non-hydrogen) atoms. The number of nitrogens with zero attached hydrogens (tertiary/aromatic N) is 1. The van der Waals surface area contributed by atoms with Crippen LogP contribution in [-0.4, -0.2) is 32.1 Å². The average Bonchev–Trinajstić information content (AvgIpc) is 2.33. The van der Waals surface area contributed by atoms with Gasteiger partial charge in [-0.1, -0.05) is 32.9 Å². The van der Waals surface area contributed by atoms with Crippen molar-refractivity contribution in [1.29, 1.82) is 0 Å². The van der Waals surface area contributed by atoms with Crippen LogP contribution in [0.2, 0.25) is 0 Å². The summed E-state index contributed by atoms with van der Waals surface area (Å²) in [6, 6.07) is 6.62. The summed E-state index contributed by atoms with van der Waals surface area (Å²) >= 11 is 0. The Balaban J connectivity index is 2.66. The van der Waals surface area contributed by atoms with Crippen molar-refractivity contribution in [3.8, 4) is 5.75 Å². The zero-order valence-electron chi connectivity index (χ0n) is 12.5. The molecule has 0 aromatic heterocycles. The minimum atomic E-state index is 0.514. The van der Waals surface area contributed by atoms with Crippen LogP contribution in [0.25, 0.3) is 0 Å². The second kappa shape index (κ2) is 7.42. The lowest BCUT2D eigenvalue weighted by Crippen LogP contribution is -2.15. The molecule has 0 spiro atoms. The van der Waals surface area contributed by atoms with Gasteiger partial charge in [0, 0.05) is 6.54 Å². The summed E-state index contributed by atoms with van der Waals surface area (Å²) < 4.78 is 5.96. The van der Waals surface area contributed by atoms with E-state index in [0.29, 0.717) is 5.92 Å². The van der Waals surface area contributed by atoms with Crippen LogP contribution >= 0.6 is 0 Å². The predicted molar refractivity (Wildman–Crippen MR) is 78.6 cm³/mol. The van der Waals surface area contributed by atoms with Crippen molar-refractivity contribution in [2.75, 3.05) is 27.2 Å². The summed E-state index contributed by atoms with van der Waals surface area (Å²) in [5, 5.41) is 0. The van der Waals surface area contributed by atoms with E-state index in [-0.39, 0.29) is 0 Å². The van der Waals surface area contributed by atoms with Crippen molar-refractivity contribution in [2.45, 2.75) is 39.5 Å². The van der Waals surface area contributed by atoms with Crippen LogP contribution < -0.4 is 4.74 Å². The first-order valence-corrected chi connectivity index (χ1v) is 6.95. The van der Waals surface area contributed by atoms with E-state index < -0.39 is 0 Å². The molecule has 2 heteroatoms. The number of hydrogen-bond acceptors (Lipinski definition) is 2. The molecular formula is C16H27NO. The molecule has 0 N–H and O–H groups in total. The third-order valence-electron chi connectivity index (χ3n) is 3.12. The highest BCUT2D eigenvalue weighted by atomic mass is 16.5. The molecule has 0 atom stereocenters. The fourth-order valence-electron chi connectivity index (χ4n) is 1.96. The predicted octanol–water partition coefficient (Wildman–Crippen LogP) is 3.70. The molecular weight excluding hydrogens is 222 g/mol. The standard InChI is InChI=1S/C16H27NO/c1-6-14-8-9-15(13(2)3)16(12-14)18-11-7-10-17(4)5/h8-9,12-13H,6-7,10-11H2,1-5H3. The van der Waals surface area contributed by atoms with Gasteiger partial charge in [0.1, 0.15) is 5.75 Å². The fraction of sp³-hybridized carbons (Fsp3) is 0.625. The third-order valence-corrected chi connectivity index (χ3v) is 3.12. The SMILES string of the molecule is CCc1ccc(C(C)C)c(OCCCN(C)C)c1. The van der Waals surface area contributed by atoms with Crippen molar-refractivity contribution >= 4 is 0 Å². The van der Waals surface area contributed by atoms with Gasteiger partial charge in [-0.3, -0.25) is 0 Å². The Kier molecular flexibility index (Phi) is 6.20. The van der Waals surface area contributed by atoms with Gasteiger partial charge in [0.05, 0.1) is 6.61 Å². The molecule has 0 aliphatic rings. The van der Waals surface area contributed by atoms with Crippen LogP contribution in [0.4, 0.5) is 0 Å². The molecule has 102 valence electrons. The first-order chi connectivity index (χ1) is 8.54. The van der Waals surface area contributed by atoms with E-state index in [2.05, 4.69) is 58.0 Å². The van der Waals surface area contributed by atoms with E-state index >= 15 is 0 Å². The summed E-state index contributed by atoms with van der Waals surface area (Å²) in [7, 11) is 4.19. The maximum absolute atomic E-state index is 5.96. The second-order valence-electron chi connectivity index (χ2n) is 5.39. The molecule has 1 aromatic rings. The van der Waals surface area contributed by atoms with E-state index in [0.717, 1.165) is 31.7 Å². The van der Waals surface area contributed by atoms with Crippen LogP contribution in [0.1, 0.15) is 44.2 Å². The molecule has 1 rings (SSSR count). The van der Waals surface area contributed by atoms with Gasteiger partial charge in [-0.15, -0.1) is 0 Å². The van der Waals surface area contributed by atoms with Crippen LogP contribution in [0.3, 0.4) is 0 Å². The van der Waals surface area contributed by atoms with Gasteiger partial charge in [-0.2, -0.15) is 0 Å². The van der Waals surface area contributed by atoms with Crippen molar-refractivity contribution in [3.05, 3.63) is 29.3 Å². The van der Waals surface area contributed by atoms with Gasteiger partial charge >= 0.3 is 0 Å². The zero-order valence-corrected chi connectivity index (χ0v) is 12.5. The van der Waals surface area contributed by atoms with Gasteiger partial charge in [-0.25, -0.2) is 0 Å². The largest absolute Gasteiger partial charge is 0.493 e. The molecule has 1 aromatic carbocycles. The smallest absolute Gasteiger partial charge is 0.123 e. The summed E-state index contributed by atoms with van der Waals surface area (Å²) in [6.45, 7) is 8.48. The summed E-state index contributed by atoms with van der Waals surface area (Å²) in [5.74, 6) is 1.59. The highest BCUT2D eigenvalue weighted by molar-refractivity contribution is 5.39. The molecule has 0 heterocycles. The lowest BCUT2D eigenvalue weighted by molar-refractivity contribution is 0.278. The quantitative estimate of drug-likeness (QED) is 0.683. The molecule has 0 saturated heterocycles. The minimum Gasteiger partial charge on any atom is -0.493 e. The Morgan fingerprint density at radius 1 is 1.22 bits per heavy atom. The maximum Gasteiger partial charge on any atom is 0.123 e. The van der Waals surface area contributed by atoms with Crippen LogP contribution in [0, 0.1) is 0 Å². The summed E-state index contributed by atoms with van der Waals surface area (Å²) in [5.41, 5.74) is 2.67. The molecule has 0 unspecified atom stereocenters. The Hall–Kier alpha value is -1.02. The normalized spacial score (nSPS) is 11.3. The Morgan fingerprint density at radius 2 is 1.94 bits per heavy atom. The fourth-order valence-corrected chi connectivity index (χ4v) is 1.96. The topological polar surface area (TPSA) is 12.5 Å². The Labute approximate surface area is 112 Å². The van der Waals surface area contributed by atoms with Crippen molar-refractivity contribution in [3.63, 3.8) is 0 Å². The van der Waals surface area contributed by atoms with E-state index in [1.165, 1.54) is 11.1 Å². The first kappa shape index (κ1) is 15.0. The zero-order chi connectivity index (χ0) is 13.5. The lowest BCUT2D eigenvalue weighted by Gasteiger charge is -2.16. The average molecular weight is 249 g/mol. The molecule has 0 fully saturated rings. The number of hydrogen-bond donors (Lipinski definition) is 0. The Morgan fingerprint density at radius 3 is 2.50 bits per heavy atom. The number of aryl methyl sites for hydroxylation is 1. The van der Waals surface area contributed by atoms with Crippen molar-refractivity contribution in [2.24, 2.45) is 0 Å². The monoisotopic (exact) mass is 249 g/mol. The maximum atomic E-state index is 5.96. The van der Waals surface area contributed by atoms with Gasteiger partial charge in [-0.05, 0) is 50.0 Å². The lowest BCUT2D eigenvalue weighted by atomic mass is 9.99. The summed E-state index contributed by atoms with van der Waals surface area (Å²) in [6.07, 6.45) is 2.13. The second-order valence-corrected chi connectivity index (χ2v) is 5.39. The van der Waals surface area contributed by atoms with Gasteiger partial charge in [0.15, 0.2) is 0 Å². The van der Waals surface area contributed by atoms with Gasteiger partial charge in [0.25, 0.3) is 0 Å². The number of rotatable bonds is 7. The van der Waals surface area contributed by atoms with E-state index in [1.807, 2.05) is 0 Å². The van der Waals surface area contributed by atoms with Gasteiger partial charge < -0.3 is 9.64 Å². The minimum absolute atomic E-state index is 0.514. The van der Waals surface area contributed by atoms with Crippen molar-refractivity contribution < 1.29 is 4.74 Å². The molecule has 0 saturated carbocycles. The number of benzene rings is 1.